The summed E-state index contributed by atoms with van der Waals surface area (Å²) in [4.78, 5) is 28.0. The van der Waals surface area contributed by atoms with Gasteiger partial charge in [-0.15, -0.1) is 0 Å². The number of aryl methyl sites for hydroxylation is 1. The number of amides is 3. The summed E-state index contributed by atoms with van der Waals surface area (Å²) in [6.45, 7) is 0.447. The van der Waals surface area contributed by atoms with Gasteiger partial charge in [-0.2, -0.15) is 0 Å². The number of rotatable bonds is 4. The topological polar surface area (TPSA) is 88.1 Å². The molecule has 0 aliphatic carbocycles. The van der Waals surface area contributed by atoms with E-state index in [0.717, 1.165) is 11.0 Å². The second-order valence-corrected chi connectivity index (χ2v) is 6.25. The zero-order chi connectivity index (χ0) is 18.5. The van der Waals surface area contributed by atoms with Crippen molar-refractivity contribution < 1.29 is 9.59 Å². The standard InChI is InChI=1S/C17H15Cl2N5O2/c18-12-6-5-11(9-13(12)19)21-17(26)23-22-16(25)7-8-24-10-20-14-3-1-2-4-15(14)24/h1-6,9-10H,7-8H2,(H,22,25)(H2,21,23,26). The van der Waals surface area contributed by atoms with Crippen LogP contribution in [-0.2, 0) is 11.3 Å². The number of anilines is 1. The van der Waals surface area contributed by atoms with Crippen molar-refractivity contribution in [1.82, 2.24) is 20.4 Å². The number of imidazole rings is 1. The monoisotopic (exact) mass is 391 g/mol. The van der Waals surface area contributed by atoms with E-state index >= 15 is 0 Å². The molecule has 0 radical (unpaired) electrons. The molecule has 2 aromatic carbocycles. The van der Waals surface area contributed by atoms with Crippen LogP contribution in [0.3, 0.4) is 0 Å². The third-order valence-electron chi connectivity index (χ3n) is 3.60. The first kappa shape index (κ1) is 18.0. The van der Waals surface area contributed by atoms with Gasteiger partial charge >= 0.3 is 6.03 Å². The predicted molar refractivity (Wildman–Crippen MR) is 101 cm³/mol. The van der Waals surface area contributed by atoms with Gasteiger partial charge in [-0.3, -0.25) is 10.2 Å². The highest BCUT2D eigenvalue weighted by atomic mass is 35.5. The average Bonchev–Trinajstić information content (AvgIpc) is 3.04. The van der Waals surface area contributed by atoms with E-state index in [-0.39, 0.29) is 12.3 Å². The van der Waals surface area contributed by atoms with Crippen LogP contribution in [0, 0.1) is 0 Å². The van der Waals surface area contributed by atoms with Gasteiger partial charge in [-0.25, -0.2) is 15.2 Å². The minimum absolute atomic E-state index is 0.188. The van der Waals surface area contributed by atoms with Crippen LogP contribution in [0.25, 0.3) is 11.0 Å². The quantitative estimate of drug-likeness (QED) is 0.593. The van der Waals surface area contributed by atoms with E-state index in [4.69, 9.17) is 23.2 Å². The SMILES string of the molecule is O=C(CCn1cnc2ccccc21)NNC(=O)Nc1ccc(Cl)c(Cl)c1. The van der Waals surface area contributed by atoms with Crippen LogP contribution in [0.5, 0.6) is 0 Å². The largest absolute Gasteiger partial charge is 0.337 e. The number of fused-ring (bicyclic) bond motifs is 1. The van der Waals surface area contributed by atoms with Crippen LogP contribution in [0.2, 0.25) is 10.0 Å². The lowest BCUT2D eigenvalue weighted by atomic mass is 10.3. The van der Waals surface area contributed by atoms with Crippen LogP contribution in [-0.4, -0.2) is 21.5 Å². The highest BCUT2D eigenvalue weighted by molar-refractivity contribution is 6.42. The summed E-state index contributed by atoms with van der Waals surface area (Å²) in [5.74, 6) is -0.327. The van der Waals surface area contributed by atoms with Crippen molar-refractivity contribution in [1.29, 1.82) is 0 Å². The fraction of sp³-hybridized carbons (Fsp3) is 0.118. The smallest absolute Gasteiger partial charge is 0.330 e. The number of urea groups is 1. The molecule has 0 atom stereocenters. The van der Waals surface area contributed by atoms with Crippen LogP contribution >= 0.6 is 23.2 Å². The molecule has 0 saturated heterocycles. The van der Waals surface area contributed by atoms with Gasteiger partial charge in [0.2, 0.25) is 5.91 Å². The Morgan fingerprint density at radius 2 is 1.85 bits per heavy atom. The van der Waals surface area contributed by atoms with Gasteiger partial charge in [-0.1, -0.05) is 35.3 Å². The molecular formula is C17H15Cl2N5O2. The minimum atomic E-state index is -0.593. The summed E-state index contributed by atoms with van der Waals surface area (Å²) < 4.78 is 1.88. The number of hydrogen-bond donors (Lipinski definition) is 3. The first-order valence-electron chi connectivity index (χ1n) is 7.73. The van der Waals surface area contributed by atoms with Crippen LogP contribution in [0.15, 0.2) is 48.8 Å². The molecule has 1 aromatic heterocycles. The molecule has 3 rings (SSSR count). The lowest BCUT2D eigenvalue weighted by Crippen LogP contribution is -2.44. The maximum absolute atomic E-state index is 11.9. The molecule has 3 aromatic rings. The summed E-state index contributed by atoms with van der Waals surface area (Å²) in [5.41, 5.74) is 6.90. The summed E-state index contributed by atoms with van der Waals surface area (Å²) in [7, 11) is 0. The van der Waals surface area contributed by atoms with Crippen molar-refractivity contribution >= 4 is 51.9 Å². The molecule has 0 aliphatic rings. The molecule has 26 heavy (non-hydrogen) atoms. The third kappa shape index (κ3) is 4.44. The molecule has 0 spiro atoms. The average molecular weight is 392 g/mol. The van der Waals surface area contributed by atoms with Crippen molar-refractivity contribution in [3.8, 4) is 0 Å². The number of hydrazine groups is 1. The number of halogens is 2. The summed E-state index contributed by atoms with van der Waals surface area (Å²) in [6.07, 6.45) is 1.87. The van der Waals surface area contributed by atoms with Gasteiger partial charge in [0.25, 0.3) is 0 Å². The number of carbonyl (C=O) groups excluding carboxylic acids is 2. The van der Waals surface area contributed by atoms with Gasteiger partial charge in [0, 0.05) is 18.7 Å². The fourth-order valence-corrected chi connectivity index (χ4v) is 2.63. The molecule has 0 fully saturated rings. The summed E-state index contributed by atoms with van der Waals surface area (Å²) in [5, 5.41) is 3.24. The molecule has 7 nitrogen and oxygen atoms in total. The van der Waals surface area contributed by atoms with Crippen LogP contribution in [0.1, 0.15) is 6.42 Å². The highest BCUT2D eigenvalue weighted by Gasteiger charge is 2.08. The molecule has 0 aliphatic heterocycles. The van der Waals surface area contributed by atoms with Crippen molar-refractivity contribution in [3.05, 3.63) is 58.8 Å². The molecule has 3 amide bonds. The van der Waals surface area contributed by atoms with E-state index in [1.165, 1.54) is 6.07 Å². The number of para-hydroxylation sites is 2. The number of nitrogens with one attached hydrogen (secondary N) is 3. The first-order chi connectivity index (χ1) is 12.5. The van der Waals surface area contributed by atoms with E-state index in [2.05, 4.69) is 21.2 Å². The first-order valence-corrected chi connectivity index (χ1v) is 8.49. The van der Waals surface area contributed by atoms with Gasteiger partial charge in [0.1, 0.15) is 0 Å². The molecule has 3 N–H and O–H groups in total. The van der Waals surface area contributed by atoms with Crippen molar-refractivity contribution in [3.63, 3.8) is 0 Å². The maximum Gasteiger partial charge on any atom is 0.337 e. The Morgan fingerprint density at radius 1 is 1.04 bits per heavy atom. The van der Waals surface area contributed by atoms with E-state index in [9.17, 15) is 9.59 Å². The van der Waals surface area contributed by atoms with Crippen molar-refractivity contribution in [2.75, 3.05) is 5.32 Å². The Morgan fingerprint density at radius 3 is 2.65 bits per heavy atom. The summed E-state index contributed by atoms with van der Waals surface area (Å²) >= 11 is 11.7. The number of hydrogen-bond acceptors (Lipinski definition) is 3. The van der Waals surface area contributed by atoms with Gasteiger partial charge in [0.05, 0.1) is 27.4 Å². The third-order valence-corrected chi connectivity index (χ3v) is 4.34. The second-order valence-electron chi connectivity index (χ2n) is 5.43. The number of benzene rings is 2. The molecular weight excluding hydrogens is 377 g/mol. The Hall–Kier alpha value is -2.77. The normalized spacial score (nSPS) is 10.5. The van der Waals surface area contributed by atoms with Crippen LogP contribution in [0.4, 0.5) is 10.5 Å². The molecule has 134 valence electrons. The number of carbonyl (C=O) groups is 2. The fourth-order valence-electron chi connectivity index (χ4n) is 2.34. The second kappa shape index (κ2) is 8.07. The summed E-state index contributed by atoms with van der Waals surface area (Å²) in [6, 6.07) is 11.7. The minimum Gasteiger partial charge on any atom is -0.330 e. The molecule has 1 heterocycles. The van der Waals surface area contributed by atoms with E-state index in [1.807, 2.05) is 28.8 Å². The maximum atomic E-state index is 11.9. The van der Waals surface area contributed by atoms with E-state index < -0.39 is 6.03 Å². The Bertz CT molecular complexity index is 957. The Balaban J connectivity index is 1.46. The Labute approximate surface area is 159 Å². The van der Waals surface area contributed by atoms with Crippen molar-refractivity contribution in [2.45, 2.75) is 13.0 Å². The molecule has 0 saturated carbocycles. The molecule has 0 unspecified atom stereocenters. The highest BCUT2D eigenvalue weighted by Crippen LogP contribution is 2.24. The van der Waals surface area contributed by atoms with E-state index in [1.54, 1.807) is 18.5 Å². The lowest BCUT2D eigenvalue weighted by molar-refractivity contribution is -0.121. The predicted octanol–water partition coefficient (Wildman–Crippen LogP) is 3.59. The number of aromatic nitrogens is 2. The molecule has 0 bridgehead atoms. The van der Waals surface area contributed by atoms with Gasteiger partial charge in [-0.05, 0) is 30.3 Å². The number of nitrogens with zero attached hydrogens (tertiary/aromatic N) is 2. The lowest BCUT2D eigenvalue weighted by Gasteiger charge is -2.10. The van der Waals surface area contributed by atoms with Crippen LogP contribution < -0.4 is 16.2 Å². The zero-order valence-corrected chi connectivity index (χ0v) is 15.0. The van der Waals surface area contributed by atoms with E-state index in [0.29, 0.717) is 22.3 Å². The van der Waals surface area contributed by atoms with Crippen molar-refractivity contribution in [2.24, 2.45) is 0 Å². The van der Waals surface area contributed by atoms with Gasteiger partial charge in [0.15, 0.2) is 0 Å². The molecule has 9 heteroatoms. The zero-order valence-electron chi connectivity index (χ0n) is 13.5. The Kier molecular flexibility index (Phi) is 5.60. The van der Waals surface area contributed by atoms with Gasteiger partial charge < -0.3 is 9.88 Å².